The zero-order valence-corrected chi connectivity index (χ0v) is 8.21. The molecule has 76 valence electrons. The molecule has 0 aliphatic carbocycles. The number of aromatic nitrogens is 3. The van der Waals surface area contributed by atoms with Crippen LogP contribution < -0.4 is 5.48 Å². The van der Waals surface area contributed by atoms with Crippen molar-refractivity contribution in [2.45, 2.75) is 0 Å². The van der Waals surface area contributed by atoms with Crippen molar-refractivity contribution >= 4 is 5.95 Å². The molecule has 0 fully saturated rings. The summed E-state index contributed by atoms with van der Waals surface area (Å²) in [7, 11) is 1.51. The Labute approximate surface area is 87.1 Å². The van der Waals surface area contributed by atoms with Crippen LogP contribution in [0.1, 0.15) is 0 Å². The van der Waals surface area contributed by atoms with Gasteiger partial charge in [-0.05, 0) is 18.2 Å². The lowest BCUT2D eigenvalue weighted by molar-refractivity contribution is 0.267. The van der Waals surface area contributed by atoms with E-state index in [0.717, 1.165) is 11.4 Å². The van der Waals surface area contributed by atoms with Gasteiger partial charge in [-0.15, -0.1) is 0 Å². The van der Waals surface area contributed by atoms with Crippen LogP contribution >= 0.6 is 0 Å². The highest BCUT2D eigenvalue weighted by molar-refractivity contribution is 5.54. The lowest BCUT2D eigenvalue weighted by Gasteiger charge is -2.03. The number of hydrogen-bond acceptors (Lipinski definition) is 5. The Morgan fingerprint density at radius 2 is 2.00 bits per heavy atom. The van der Waals surface area contributed by atoms with Crippen molar-refractivity contribution < 1.29 is 4.84 Å². The van der Waals surface area contributed by atoms with E-state index in [-0.39, 0.29) is 0 Å². The van der Waals surface area contributed by atoms with E-state index in [1.54, 1.807) is 18.5 Å². The van der Waals surface area contributed by atoms with E-state index < -0.39 is 0 Å². The van der Waals surface area contributed by atoms with Gasteiger partial charge in [-0.3, -0.25) is 9.82 Å². The second kappa shape index (κ2) is 4.47. The van der Waals surface area contributed by atoms with Gasteiger partial charge in [0, 0.05) is 12.4 Å². The highest BCUT2D eigenvalue weighted by atomic mass is 16.6. The van der Waals surface area contributed by atoms with Crippen LogP contribution in [0, 0.1) is 0 Å². The molecular formula is C10H10N4O. The molecule has 0 amide bonds. The molecular weight excluding hydrogens is 192 g/mol. The van der Waals surface area contributed by atoms with E-state index in [9.17, 15) is 0 Å². The monoisotopic (exact) mass is 202 g/mol. The fourth-order valence-corrected chi connectivity index (χ4v) is 1.16. The summed E-state index contributed by atoms with van der Waals surface area (Å²) in [6.07, 6.45) is 3.37. The van der Waals surface area contributed by atoms with Crippen LogP contribution in [-0.4, -0.2) is 22.1 Å². The fourth-order valence-electron chi connectivity index (χ4n) is 1.16. The summed E-state index contributed by atoms with van der Waals surface area (Å²) in [6, 6.07) is 7.45. The third-order valence-corrected chi connectivity index (χ3v) is 1.78. The van der Waals surface area contributed by atoms with Crippen molar-refractivity contribution in [2.24, 2.45) is 0 Å². The molecule has 0 unspecified atom stereocenters. The minimum absolute atomic E-state index is 0.417. The summed E-state index contributed by atoms with van der Waals surface area (Å²) in [5.41, 5.74) is 4.13. The minimum Gasteiger partial charge on any atom is -0.277 e. The van der Waals surface area contributed by atoms with Crippen molar-refractivity contribution in [3.63, 3.8) is 0 Å². The molecule has 5 heteroatoms. The van der Waals surface area contributed by atoms with E-state index in [4.69, 9.17) is 4.84 Å². The largest absolute Gasteiger partial charge is 0.277 e. The fraction of sp³-hybridized carbons (Fsp3) is 0.100. The lowest BCUT2D eigenvalue weighted by Crippen LogP contribution is -2.01. The smallest absolute Gasteiger partial charge is 0.247 e. The summed E-state index contributed by atoms with van der Waals surface area (Å²) in [6.45, 7) is 0. The Morgan fingerprint density at radius 1 is 1.07 bits per heavy atom. The summed E-state index contributed by atoms with van der Waals surface area (Å²) in [5, 5.41) is 0. The van der Waals surface area contributed by atoms with Gasteiger partial charge in [-0.1, -0.05) is 6.07 Å². The van der Waals surface area contributed by atoms with Crippen molar-refractivity contribution in [1.29, 1.82) is 0 Å². The third kappa shape index (κ3) is 2.26. The van der Waals surface area contributed by atoms with Crippen molar-refractivity contribution in [2.75, 3.05) is 12.6 Å². The normalized spacial score (nSPS) is 9.93. The number of hydrogen-bond donors (Lipinski definition) is 1. The molecule has 0 radical (unpaired) electrons. The molecule has 2 aromatic rings. The van der Waals surface area contributed by atoms with Gasteiger partial charge in [0.05, 0.1) is 18.5 Å². The standard InChI is InChI=1S/C10H10N4O/c1-15-14-10-12-7-5-9(13-10)8-4-2-3-6-11-8/h2-7H,1H3,(H,12,13,14). The predicted molar refractivity (Wildman–Crippen MR) is 55.9 cm³/mol. The Kier molecular flexibility index (Phi) is 2.85. The molecule has 0 saturated carbocycles. The van der Waals surface area contributed by atoms with Gasteiger partial charge in [0.1, 0.15) is 0 Å². The number of nitrogens with zero attached hydrogens (tertiary/aromatic N) is 3. The number of pyridine rings is 1. The average molecular weight is 202 g/mol. The van der Waals surface area contributed by atoms with Crippen molar-refractivity contribution in [3.05, 3.63) is 36.7 Å². The van der Waals surface area contributed by atoms with Crippen LogP contribution in [0.25, 0.3) is 11.4 Å². The van der Waals surface area contributed by atoms with Gasteiger partial charge in [-0.2, -0.15) is 0 Å². The van der Waals surface area contributed by atoms with Gasteiger partial charge in [-0.25, -0.2) is 15.4 Å². The number of nitrogens with one attached hydrogen (secondary N) is 1. The highest BCUT2D eigenvalue weighted by Crippen LogP contribution is 2.13. The molecule has 0 saturated heterocycles. The third-order valence-electron chi connectivity index (χ3n) is 1.78. The Bertz CT molecular complexity index is 432. The van der Waals surface area contributed by atoms with E-state index in [1.165, 1.54) is 7.11 Å². The first-order valence-corrected chi connectivity index (χ1v) is 4.43. The second-order valence-corrected chi connectivity index (χ2v) is 2.79. The maximum atomic E-state index is 4.72. The first kappa shape index (κ1) is 9.54. The van der Waals surface area contributed by atoms with Crippen LogP contribution in [0.3, 0.4) is 0 Å². The quantitative estimate of drug-likeness (QED) is 0.764. The van der Waals surface area contributed by atoms with E-state index in [0.29, 0.717) is 5.95 Å². The maximum absolute atomic E-state index is 4.72. The topological polar surface area (TPSA) is 59.9 Å². The second-order valence-electron chi connectivity index (χ2n) is 2.79. The van der Waals surface area contributed by atoms with E-state index in [1.807, 2.05) is 18.2 Å². The molecule has 0 atom stereocenters. The zero-order chi connectivity index (χ0) is 10.5. The molecule has 0 aliphatic heterocycles. The molecule has 2 aromatic heterocycles. The highest BCUT2D eigenvalue weighted by Gasteiger charge is 2.01. The number of anilines is 1. The summed E-state index contributed by atoms with van der Waals surface area (Å²) < 4.78 is 0. The van der Waals surface area contributed by atoms with Crippen LogP contribution in [0.4, 0.5) is 5.95 Å². The molecule has 15 heavy (non-hydrogen) atoms. The van der Waals surface area contributed by atoms with Crippen molar-refractivity contribution in [3.8, 4) is 11.4 Å². The first-order valence-electron chi connectivity index (χ1n) is 4.43. The number of rotatable bonds is 3. The molecule has 2 heterocycles. The molecule has 0 spiro atoms. The van der Waals surface area contributed by atoms with Gasteiger partial charge < -0.3 is 0 Å². The lowest BCUT2D eigenvalue weighted by atomic mass is 10.3. The predicted octanol–water partition coefficient (Wildman–Crippen LogP) is 1.51. The van der Waals surface area contributed by atoms with Gasteiger partial charge >= 0.3 is 0 Å². The molecule has 0 bridgehead atoms. The maximum Gasteiger partial charge on any atom is 0.247 e. The Morgan fingerprint density at radius 3 is 2.73 bits per heavy atom. The van der Waals surface area contributed by atoms with Crippen LogP contribution in [0.2, 0.25) is 0 Å². The van der Waals surface area contributed by atoms with E-state index >= 15 is 0 Å². The van der Waals surface area contributed by atoms with Gasteiger partial charge in [0.2, 0.25) is 5.95 Å². The van der Waals surface area contributed by atoms with Gasteiger partial charge in [0.15, 0.2) is 0 Å². The molecule has 5 nitrogen and oxygen atoms in total. The summed E-state index contributed by atoms with van der Waals surface area (Å²) >= 11 is 0. The molecule has 2 rings (SSSR count). The summed E-state index contributed by atoms with van der Waals surface area (Å²) in [4.78, 5) is 17.1. The van der Waals surface area contributed by atoms with Crippen molar-refractivity contribution in [1.82, 2.24) is 15.0 Å². The van der Waals surface area contributed by atoms with E-state index in [2.05, 4.69) is 20.4 Å². The zero-order valence-electron chi connectivity index (χ0n) is 8.21. The molecule has 0 aromatic carbocycles. The van der Waals surface area contributed by atoms with Crippen LogP contribution in [0.5, 0.6) is 0 Å². The molecule has 0 aliphatic rings. The Hall–Kier alpha value is -2.01. The SMILES string of the molecule is CONc1nccc(-c2ccccn2)n1. The average Bonchev–Trinajstić information content (AvgIpc) is 2.31. The van der Waals surface area contributed by atoms with Gasteiger partial charge in [0.25, 0.3) is 0 Å². The summed E-state index contributed by atoms with van der Waals surface area (Å²) in [5.74, 6) is 0.417. The molecule has 1 N–H and O–H groups in total. The Balaban J connectivity index is 2.33. The van der Waals surface area contributed by atoms with Crippen LogP contribution in [-0.2, 0) is 4.84 Å². The minimum atomic E-state index is 0.417. The first-order chi connectivity index (χ1) is 7.40. The van der Waals surface area contributed by atoms with Crippen LogP contribution in [0.15, 0.2) is 36.7 Å².